The highest BCUT2D eigenvalue weighted by molar-refractivity contribution is 9.09. The number of halogens is 1. The Morgan fingerprint density at radius 2 is 1.93 bits per heavy atom. The summed E-state index contributed by atoms with van der Waals surface area (Å²) in [6, 6.07) is 7.91. The van der Waals surface area contributed by atoms with Crippen molar-refractivity contribution >= 4 is 21.7 Å². The Morgan fingerprint density at radius 1 is 1.36 bits per heavy atom. The van der Waals surface area contributed by atoms with E-state index in [-0.39, 0.29) is 5.78 Å². The Balaban J connectivity index is 2.83. The summed E-state index contributed by atoms with van der Waals surface area (Å²) in [4.78, 5) is 11.3. The Morgan fingerprint density at radius 3 is 2.36 bits per heavy atom. The van der Waals surface area contributed by atoms with Crippen molar-refractivity contribution in [3.63, 3.8) is 0 Å². The highest BCUT2D eigenvalue weighted by Crippen LogP contribution is 2.18. The van der Waals surface area contributed by atoms with Gasteiger partial charge in [-0.15, -0.1) is 0 Å². The maximum absolute atomic E-state index is 11.3. The fourth-order valence-corrected chi connectivity index (χ4v) is 1.63. The summed E-state index contributed by atoms with van der Waals surface area (Å²) in [6.45, 7) is 4.36. The van der Waals surface area contributed by atoms with Crippen LogP contribution in [-0.4, -0.2) is 11.1 Å². The van der Waals surface area contributed by atoms with Crippen LogP contribution in [-0.2, 0) is 0 Å². The molecule has 1 aromatic carbocycles. The molecule has 1 nitrogen and oxygen atoms in total. The number of alkyl halides is 1. The van der Waals surface area contributed by atoms with Gasteiger partial charge in [0.25, 0.3) is 0 Å². The molecule has 0 saturated carbocycles. The zero-order valence-corrected chi connectivity index (χ0v) is 10.2. The summed E-state index contributed by atoms with van der Waals surface area (Å²) < 4.78 is 0. The van der Waals surface area contributed by atoms with Crippen LogP contribution in [0.5, 0.6) is 0 Å². The molecule has 0 heterocycles. The summed E-state index contributed by atoms with van der Waals surface area (Å²) >= 11 is 3.16. The van der Waals surface area contributed by atoms with Crippen molar-refractivity contribution < 1.29 is 4.79 Å². The average molecular weight is 255 g/mol. The minimum Gasteiger partial charge on any atom is -0.293 e. The van der Waals surface area contributed by atoms with Crippen molar-refractivity contribution in [1.29, 1.82) is 0 Å². The number of carbonyl (C=O) groups excluding carboxylic acids is 1. The van der Waals surface area contributed by atoms with E-state index in [0.717, 1.165) is 12.0 Å². The minimum atomic E-state index is 0.140. The molecule has 1 rings (SSSR count). The number of Topliss-reactive ketones (excluding diaryl/α,β-unsaturated/α-hetero) is 1. The fraction of sp³-hybridized carbons (Fsp3) is 0.417. The number of rotatable bonds is 4. The van der Waals surface area contributed by atoms with E-state index in [4.69, 9.17) is 0 Å². The highest BCUT2D eigenvalue weighted by Gasteiger charge is 2.05. The summed E-state index contributed by atoms with van der Waals surface area (Å²) in [5, 5.41) is 0.398. The van der Waals surface area contributed by atoms with Crippen LogP contribution in [0.25, 0.3) is 0 Å². The van der Waals surface area contributed by atoms with Crippen LogP contribution in [0.2, 0.25) is 0 Å². The van der Waals surface area contributed by atoms with Gasteiger partial charge in [-0.1, -0.05) is 54.0 Å². The lowest BCUT2D eigenvalue weighted by molar-refractivity contribution is 0.102. The summed E-state index contributed by atoms with van der Waals surface area (Å²) in [6.07, 6.45) is 1.13. The molecular weight excluding hydrogens is 240 g/mol. The molecule has 0 N–H and O–H groups in total. The minimum absolute atomic E-state index is 0.140. The first-order chi connectivity index (χ1) is 6.69. The maximum Gasteiger partial charge on any atom is 0.173 e. The van der Waals surface area contributed by atoms with Crippen molar-refractivity contribution in [1.82, 2.24) is 0 Å². The van der Waals surface area contributed by atoms with E-state index in [0.29, 0.717) is 11.2 Å². The molecule has 0 saturated heterocycles. The Bertz CT molecular complexity index is 303. The molecule has 0 aromatic heterocycles. The predicted molar refractivity (Wildman–Crippen MR) is 63.3 cm³/mol. The number of carbonyl (C=O) groups is 1. The molecule has 0 aliphatic rings. The third-order valence-corrected chi connectivity index (χ3v) is 3.04. The molecule has 1 unspecified atom stereocenters. The molecular formula is C12H15BrO. The fourth-order valence-electron chi connectivity index (χ4n) is 1.31. The number of hydrogen-bond donors (Lipinski definition) is 0. The van der Waals surface area contributed by atoms with Gasteiger partial charge in [-0.2, -0.15) is 0 Å². The second-order valence-electron chi connectivity index (χ2n) is 3.49. The summed E-state index contributed by atoms with van der Waals surface area (Å²) in [7, 11) is 0. The van der Waals surface area contributed by atoms with Gasteiger partial charge in [0, 0.05) is 5.56 Å². The molecule has 76 valence electrons. The van der Waals surface area contributed by atoms with E-state index in [2.05, 4.69) is 29.8 Å². The van der Waals surface area contributed by atoms with Crippen molar-refractivity contribution in [3.8, 4) is 0 Å². The van der Waals surface area contributed by atoms with Gasteiger partial charge < -0.3 is 0 Å². The van der Waals surface area contributed by atoms with Crippen LogP contribution >= 0.6 is 15.9 Å². The quantitative estimate of drug-likeness (QED) is 0.591. The first kappa shape index (κ1) is 11.4. The van der Waals surface area contributed by atoms with Crippen molar-refractivity contribution in [2.45, 2.75) is 26.2 Å². The van der Waals surface area contributed by atoms with Gasteiger partial charge in [0.15, 0.2) is 5.78 Å². The number of ketones is 1. The van der Waals surface area contributed by atoms with Crippen LogP contribution in [0.1, 0.15) is 42.1 Å². The van der Waals surface area contributed by atoms with Crippen molar-refractivity contribution in [2.75, 3.05) is 5.33 Å². The van der Waals surface area contributed by atoms with Gasteiger partial charge in [-0.25, -0.2) is 0 Å². The lowest BCUT2D eigenvalue weighted by Gasteiger charge is -2.08. The Labute approximate surface area is 93.7 Å². The predicted octanol–water partition coefficient (Wildman–Crippen LogP) is 3.78. The van der Waals surface area contributed by atoms with E-state index in [1.807, 2.05) is 24.3 Å². The lowest BCUT2D eigenvalue weighted by Crippen LogP contribution is -2.00. The van der Waals surface area contributed by atoms with Gasteiger partial charge >= 0.3 is 0 Å². The van der Waals surface area contributed by atoms with Crippen molar-refractivity contribution in [3.05, 3.63) is 35.4 Å². The van der Waals surface area contributed by atoms with E-state index >= 15 is 0 Å². The van der Waals surface area contributed by atoms with Crippen LogP contribution in [0.4, 0.5) is 0 Å². The zero-order chi connectivity index (χ0) is 10.6. The average Bonchev–Trinajstić information content (AvgIpc) is 2.27. The topological polar surface area (TPSA) is 17.1 Å². The number of benzene rings is 1. The standard InChI is InChI=1S/C12H15BrO/c1-3-9(2)10-4-6-11(7-5-10)12(14)8-13/h4-7,9H,3,8H2,1-2H3. The molecule has 0 aliphatic carbocycles. The summed E-state index contributed by atoms with van der Waals surface area (Å²) in [5.74, 6) is 0.712. The first-order valence-corrected chi connectivity index (χ1v) is 6.00. The van der Waals surface area contributed by atoms with Crippen molar-refractivity contribution in [2.24, 2.45) is 0 Å². The highest BCUT2D eigenvalue weighted by atomic mass is 79.9. The smallest absolute Gasteiger partial charge is 0.173 e. The summed E-state index contributed by atoms with van der Waals surface area (Å²) in [5.41, 5.74) is 2.09. The first-order valence-electron chi connectivity index (χ1n) is 4.88. The molecule has 0 fully saturated rings. The lowest BCUT2D eigenvalue weighted by atomic mass is 9.97. The monoisotopic (exact) mass is 254 g/mol. The second kappa shape index (κ2) is 5.30. The second-order valence-corrected chi connectivity index (χ2v) is 4.05. The third-order valence-electron chi connectivity index (χ3n) is 2.54. The Kier molecular flexibility index (Phi) is 4.33. The van der Waals surface area contributed by atoms with Crippen LogP contribution in [0.3, 0.4) is 0 Å². The van der Waals surface area contributed by atoms with E-state index in [1.54, 1.807) is 0 Å². The van der Waals surface area contributed by atoms with Gasteiger partial charge in [0.05, 0.1) is 5.33 Å². The SMILES string of the molecule is CCC(C)c1ccc(C(=O)CBr)cc1. The third kappa shape index (κ3) is 2.68. The number of hydrogen-bond acceptors (Lipinski definition) is 1. The molecule has 1 aromatic rings. The normalized spacial score (nSPS) is 12.5. The molecule has 14 heavy (non-hydrogen) atoms. The molecule has 0 aliphatic heterocycles. The molecule has 0 bridgehead atoms. The maximum atomic E-state index is 11.3. The van der Waals surface area contributed by atoms with Crippen LogP contribution in [0.15, 0.2) is 24.3 Å². The van der Waals surface area contributed by atoms with Gasteiger partial charge in [0.1, 0.15) is 0 Å². The zero-order valence-electron chi connectivity index (χ0n) is 8.59. The molecule has 2 heteroatoms. The van der Waals surface area contributed by atoms with E-state index in [9.17, 15) is 4.79 Å². The molecule has 0 radical (unpaired) electrons. The van der Waals surface area contributed by atoms with Crippen LogP contribution < -0.4 is 0 Å². The molecule has 0 spiro atoms. The molecule has 0 amide bonds. The van der Waals surface area contributed by atoms with Crippen LogP contribution in [0, 0.1) is 0 Å². The van der Waals surface area contributed by atoms with Gasteiger partial charge in [0.2, 0.25) is 0 Å². The van der Waals surface area contributed by atoms with Gasteiger partial charge in [-0.3, -0.25) is 4.79 Å². The Hall–Kier alpha value is -0.630. The molecule has 1 atom stereocenters. The largest absolute Gasteiger partial charge is 0.293 e. The van der Waals surface area contributed by atoms with Gasteiger partial charge in [-0.05, 0) is 17.9 Å². The van der Waals surface area contributed by atoms with E-state index in [1.165, 1.54) is 5.56 Å². The van der Waals surface area contributed by atoms with E-state index < -0.39 is 0 Å².